The zero-order chi connectivity index (χ0) is 18.0. The number of nitrogens with one attached hydrogen (secondary N) is 1. The number of hydrogen-bond donors (Lipinski definition) is 1. The number of ether oxygens (including phenoxy) is 1. The van der Waals surface area contributed by atoms with Gasteiger partial charge in [0.05, 0.1) is 18.2 Å². The topological polar surface area (TPSA) is 37.4 Å². The summed E-state index contributed by atoms with van der Waals surface area (Å²) in [5, 5.41) is 5.82. The Hall–Kier alpha value is -1.89. The summed E-state index contributed by atoms with van der Waals surface area (Å²) < 4.78 is 23.8. The molecule has 0 aliphatic carbocycles. The van der Waals surface area contributed by atoms with Crippen LogP contribution in [0.5, 0.6) is 0 Å². The summed E-state index contributed by atoms with van der Waals surface area (Å²) in [6.45, 7) is 10.8. The molecule has 0 spiro atoms. The van der Waals surface area contributed by atoms with Gasteiger partial charge in [-0.25, -0.2) is 4.39 Å². The van der Waals surface area contributed by atoms with E-state index in [9.17, 15) is 4.39 Å². The third-order valence-electron chi connectivity index (χ3n) is 4.14. The second-order valence-electron chi connectivity index (χ2n) is 5.63. The fourth-order valence-corrected chi connectivity index (χ4v) is 4.09. The Morgan fingerprint density at radius 2 is 2.16 bits per heavy atom. The van der Waals surface area contributed by atoms with E-state index in [0.717, 1.165) is 42.1 Å². The van der Waals surface area contributed by atoms with Crippen molar-refractivity contribution in [2.75, 3.05) is 38.2 Å². The number of fused-ring (bicyclic) bond motifs is 1. The standard InChI is InChI=1S/C18H19ClFN3OS/c1-4-16(24-3)17(11(2)20)12-10-15-13(9-14(12)19)18(25-22-15)23-7-5-21-6-8-23/h4,9-10,21H,1-2,5-8H2,3H3/b17-16-. The largest absolute Gasteiger partial charge is 0.496 e. The molecular weight excluding hydrogens is 361 g/mol. The highest BCUT2D eigenvalue weighted by Crippen LogP contribution is 2.39. The number of piperazine rings is 1. The molecule has 25 heavy (non-hydrogen) atoms. The minimum absolute atomic E-state index is 0.195. The molecule has 0 amide bonds. The van der Waals surface area contributed by atoms with E-state index < -0.39 is 5.83 Å². The Bertz CT molecular complexity index is 855. The predicted molar refractivity (Wildman–Crippen MR) is 104 cm³/mol. The van der Waals surface area contributed by atoms with Gasteiger partial charge in [0, 0.05) is 42.2 Å². The first-order valence-corrected chi connectivity index (χ1v) is 9.02. The van der Waals surface area contributed by atoms with E-state index in [-0.39, 0.29) is 11.3 Å². The molecule has 1 aromatic carbocycles. The molecule has 1 aliphatic rings. The second kappa shape index (κ2) is 7.56. The minimum Gasteiger partial charge on any atom is -0.496 e. The van der Waals surface area contributed by atoms with Crippen LogP contribution >= 0.6 is 23.1 Å². The van der Waals surface area contributed by atoms with Crippen LogP contribution in [0, 0.1) is 0 Å². The van der Waals surface area contributed by atoms with Crippen LogP contribution in [-0.4, -0.2) is 37.7 Å². The number of benzene rings is 1. The molecule has 2 heterocycles. The fraction of sp³-hybridized carbons (Fsp3) is 0.278. The van der Waals surface area contributed by atoms with Gasteiger partial charge in [-0.2, -0.15) is 4.37 Å². The Labute approximate surface area is 155 Å². The summed E-state index contributed by atoms with van der Waals surface area (Å²) in [5.41, 5.74) is 1.47. The van der Waals surface area contributed by atoms with Gasteiger partial charge in [0.1, 0.15) is 16.6 Å². The number of methoxy groups -OCH3 is 1. The van der Waals surface area contributed by atoms with E-state index in [1.807, 2.05) is 6.07 Å². The minimum atomic E-state index is -0.629. The number of halogens is 2. The van der Waals surface area contributed by atoms with E-state index in [0.29, 0.717) is 10.6 Å². The first-order chi connectivity index (χ1) is 12.1. The smallest absolute Gasteiger partial charge is 0.129 e. The molecule has 0 radical (unpaired) electrons. The molecule has 0 atom stereocenters. The van der Waals surface area contributed by atoms with E-state index >= 15 is 0 Å². The van der Waals surface area contributed by atoms with E-state index in [1.54, 1.807) is 6.07 Å². The van der Waals surface area contributed by atoms with Gasteiger partial charge in [-0.1, -0.05) is 24.8 Å². The highest BCUT2D eigenvalue weighted by atomic mass is 35.5. The Morgan fingerprint density at radius 3 is 2.76 bits per heavy atom. The molecular formula is C18H19ClFN3OS. The summed E-state index contributed by atoms with van der Waals surface area (Å²) in [5.74, 6) is -0.345. The summed E-state index contributed by atoms with van der Waals surface area (Å²) in [6.07, 6.45) is 1.44. The molecule has 3 rings (SSSR count). The zero-order valence-corrected chi connectivity index (χ0v) is 15.5. The van der Waals surface area contributed by atoms with Gasteiger partial charge in [-0.05, 0) is 29.7 Å². The van der Waals surface area contributed by atoms with Crippen LogP contribution in [0.1, 0.15) is 5.56 Å². The molecule has 0 bridgehead atoms. The lowest BCUT2D eigenvalue weighted by molar-refractivity contribution is 0.308. The lowest BCUT2D eigenvalue weighted by Gasteiger charge is -2.28. The Kier molecular flexibility index (Phi) is 5.42. The molecule has 1 saturated heterocycles. The maximum atomic E-state index is 14.1. The molecule has 1 aliphatic heterocycles. The molecule has 0 unspecified atom stereocenters. The first kappa shape index (κ1) is 17.9. The maximum Gasteiger partial charge on any atom is 0.129 e. The quantitative estimate of drug-likeness (QED) is 0.617. The molecule has 4 nitrogen and oxygen atoms in total. The van der Waals surface area contributed by atoms with Crippen LogP contribution in [0.15, 0.2) is 43.0 Å². The lowest BCUT2D eigenvalue weighted by atomic mass is 10.0. The molecule has 0 saturated carbocycles. The van der Waals surface area contributed by atoms with Gasteiger partial charge in [-0.3, -0.25) is 0 Å². The van der Waals surface area contributed by atoms with E-state index in [2.05, 4.69) is 27.7 Å². The number of allylic oxidation sites excluding steroid dienone is 3. The van der Waals surface area contributed by atoms with Crippen LogP contribution < -0.4 is 10.2 Å². The van der Waals surface area contributed by atoms with Crippen molar-refractivity contribution in [3.63, 3.8) is 0 Å². The van der Waals surface area contributed by atoms with Crippen molar-refractivity contribution in [3.8, 4) is 0 Å². The maximum absolute atomic E-state index is 14.1. The normalized spacial score (nSPS) is 15.9. The summed E-state index contributed by atoms with van der Waals surface area (Å²) >= 11 is 7.91. The molecule has 1 N–H and O–H groups in total. The predicted octanol–water partition coefficient (Wildman–Crippen LogP) is 4.39. The highest BCUT2D eigenvalue weighted by Gasteiger charge is 2.21. The van der Waals surface area contributed by atoms with Gasteiger partial charge in [0.2, 0.25) is 0 Å². The Morgan fingerprint density at radius 1 is 1.44 bits per heavy atom. The number of anilines is 1. The van der Waals surface area contributed by atoms with Gasteiger partial charge >= 0.3 is 0 Å². The summed E-state index contributed by atoms with van der Waals surface area (Å²) in [7, 11) is 1.46. The number of hydrogen-bond acceptors (Lipinski definition) is 5. The molecule has 2 aromatic rings. The SMILES string of the molecule is C=C/C(OC)=C(\C(=C)F)c1cc2nsc(N3CCNCC3)c2cc1Cl. The fourth-order valence-electron chi connectivity index (χ4n) is 2.94. The lowest BCUT2D eigenvalue weighted by Crippen LogP contribution is -2.43. The van der Waals surface area contributed by atoms with Crippen molar-refractivity contribution < 1.29 is 9.13 Å². The van der Waals surface area contributed by atoms with Crippen LogP contribution in [0.3, 0.4) is 0 Å². The Balaban J connectivity index is 2.13. The molecule has 7 heteroatoms. The van der Waals surface area contributed by atoms with Crippen molar-refractivity contribution in [3.05, 3.63) is 53.5 Å². The average molecular weight is 380 g/mol. The van der Waals surface area contributed by atoms with Gasteiger partial charge in [0.25, 0.3) is 0 Å². The van der Waals surface area contributed by atoms with Gasteiger partial charge < -0.3 is 15.0 Å². The zero-order valence-electron chi connectivity index (χ0n) is 13.9. The molecule has 1 fully saturated rings. The number of rotatable bonds is 5. The highest BCUT2D eigenvalue weighted by molar-refractivity contribution is 7.11. The second-order valence-corrected chi connectivity index (χ2v) is 6.79. The van der Waals surface area contributed by atoms with Crippen molar-refractivity contribution in [1.29, 1.82) is 0 Å². The van der Waals surface area contributed by atoms with Crippen molar-refractivity contribution in [2.24, 2.45) is 0 Å². The monoisotopic (exact) mass is 379 g/mol. The van der Waals surface area contributed by atoms with Crippen molar-refractivity contribution >= 4 is 44.6 Å². The van der Waals surface area contributed by atoms with Crippen LogP contribution in [0.4, 0.5) is 9.39 Å². The van der Waals surface area contributed by atoms with Gasteiger partial charge in [0.15, 0.2) is 0 Å². The van der Waals surface area contributed by atoms with Gasteiger partial charge in [-0.15, -0.1) is 0 Å². The first-order valence-electron chi connectivity index (χ1n) is 7.87. The molecule has 132 valence electrons. The molecule has 1 aromatic heterocycles. The van der Waals surface area contributed by atoms with E-state index in [1.165, 1.54) is 24.7 Å². The van der Waals surface area contributed by atoms with E-state index in [4.69, 9.17) is 16.3 Å². The van der Waals surface area contributed by atoms with Crippen molar-refractivity contribution in [2.45, 2.75) is 0 Å². The van der Waals surface area contributed by atoms with Crippen molar-refractivity contribution in [1.82, 2.24) is 9.69 Å². The third-order valence-corrected chi connectivity index (χ3v) is 5.39. The summed E-state index contributed by atoms with van der Waals surface area (Å²) in [6, 6.07) is 3.62. The van der Waals surface area contributed by atoms with Crippen LogP contribution in [-0.2, 0) is 4.74 Å². The number of nitrogens with zero attached hydrogens (tertiary/aromatic N) is 2. The average Bonchev–Trinajstić information content (AvgIpc) is 3.02. The summed E-state index contributed by atoms with van der Waals surface area (Å²) in [4.78, 5) is 2.29. The van der Waals surface area contributed by atoms with Crippen LogP contribution in [0.25, 0.3) is 16.5 Å². The van der Waals surface area contributed by atoms with Crippen LogP contribution in [0.2, 0.25) is 5.02 Å². The number of aromatic nitrogens is 1. The third kappa shape index (κ3) is 3.42.